The minimum Gasteiger partial charge on any atom is -0.394 e. The lowest BCUT2D eigenvalue weighted by atomic mass is 10.0. The number of nitrogens with one attached hydrogen (secondary N) is 1. The Morgan fingerprint density at radius 1 is 0.424 bits per heavy atom. The molecule has 0 aromatic carbocycles. The molecule has 0 aliphatic rings. The average Bonchev–Trinajstić information content (AvgIpc) is 3.23. The van der Waals surface area contributed by atoms with Gasteiger partial charge in [0.25, 0.3) is 0 Å². The SMILES string of the molecule is CCCCCCCCCCCCCC/C=C/C(O)C(CO)NC(=O)CC(O)CCCCCCCCCCCCCCCCCCCCCCCCCCCCCCCC. The molecule has 0 rings (SSSR count). The molecule has 0 saturated heterocycles. The Kier molecular flexibility index (Phi) is 49.0. The summed E-state index contributed by atoms with van der Waals surface area (Å²) in [6.45, 7) is 4.24. The number of carbonyl (C=O) groups excluding carboxylic acids is 1. The molecular weight excluding hydrogens is 727 g/mol. The van der Waals surface area contributed by atoms with E-state index in [9.17, 15) is 20.1 Å². The van der Waals surface area contributed by atoms with Crippen molar-refractivity contribution in [1.29, 1.82) is 0 Å². The number of aliphatic hydroxyl groups excluding tert-OH is 3. The Hall–Kier alpha value is -0.910. The largest absolute Gasteiger partial charge is 0.394 e. The van der Waals surface area contributed by atoms with Crippen LogP contribution in [-0.4, -0.2) is 46.1 Å². The van der Waals surface area contributed by atoms with Gasteiger partial charge in [0.1, 0.15) is 0 Å². The van der Waals surface area contributed by atoms with Gasteiger partial charge in [0.05, 0.1) is 31.3 Å². The summed E-state index contributed by atoms with van der Waals surface area (Å²) in [6, 6.07) is -0.740. The highest BCUT2D eigenvalue weighted by Crippen LogP contribution is 2.18. The molecule has 5 nitrogen and oxygen atoms in total. The number of hydrogen-bond acceptors (Lipinski definition) is 4. The number of amides is 1. The molecule has 0 fully saturated rings. The molecule has 0 aromatic rings. The first-order chi connectivity index (χ1) is 29.0. The van der Waals surface area contributed by atoms with Gasteiger partial charge in [-0.15, -0.1) is 0 Å². The lowest BCUT2D eigenvalue weighted by molar-refractivity contribution is -0.124. The van der Waals surface area contributed by atoms with Crippen LogP contribution in [0, 0.1) is 0 Å². The van der Waals surface area contributed by atoms with Crippen molar-refractivity contribution in [2.75, 3.05) is 6.61 Å². The van der Waals surface area contributed by atoms with Gasteiger partial charge in [-0.1, -0.05) is 289 Å². The van der Waals surface area contributed by atoms with Gasteiger partial charge in [-0.25, -0.2) is 0 Å². The molecule has 4 N–H and O–H groups in total. The van der Waals surface area contributed by atoms with E-state index >= 15 is 0 Å². The maximum absolute atomic E-state index is 12.5. The number of carbonyl (C=O) groups is 1. The van der Waals surface area contributed by atoms with Crippen LogP contribution in [0.3, 0.4) is 0 Å². The van der Waals surface area contributed by atoms with Crippen LogP contribution in [0.25, 0.3) is 0 Å². The second-order valence-electron chi connectivity index (χ2n) is 18.9. The molecule has 3 atom stereocenters. The van der Waals surface area contributed by atoms with E-state index in [1.54, 1.807) is 6.08 Å². The Bertz CT molecular complexity index is 833. The molecule has 5 heteroatoms. The molecule has 352 valence electrons. The van der Waals surface area contributed by atoms with Crippen molar-refractivity contribution in [1.82, 2.24) is 5.32 Å². The molecule has 3 unspecified atom stereocenters. The van der Waals surface area contributed by atoms with Gasteiger partial charge in [-0.3, -0.25) is 4.79 Å². The van der Waals surface area contributed by atoms with Crippen LogP contribution in [0.5, 0.6) is 0 Å². The van der Waals surface area contributed by atoms with E-state index in [4.69, 9.17) is 0 Å². The molecule has 1 amide bonds. The van der Waals surface area contributed by atoms with Crippen LogP contribution in [-0.2, 0) is 4.79 Å². The first kappa shape index (κ1) is 58.1. The van der Waals surface area contributed by atoms with Gasteiger partial charge in [-0.2, -0.15) is 0 Å². The molecule has 0 aromatic heterocycles. The minimum absolute atomic E-state index is 0.0192. The van der Waals surface area contributed by atoms with E-state index in [-0.39, 0.29) is 18.9 Å². The molecule has 0 spiro atoms. The van der Waals surface area contributed by atoms with E-state index in [0.717, 1.165) is 25.7 Å². The Balaban J connectivity index is 3.48. The van der Waals surface area contributed by atoms with Crippen molar-refractivity contribution in [3.05, 3.63) is 12.2 Å². The minimum atomic E-state index is -0.924. The standard InChI is InChI=1S/C54H107NO4/c1-3-5-7-9-11-13-15-17-19-20-21-22-23-24-25-26-27-28-29-30-31-32-33-34-35-37-39-41-43-45-47-51(57)49-54(59)55-52(50-56)53(58)48-46-44-42-40-38-36-18-16-14-12-10-8-6-4-2/h46,48,51-53,56-58H,3-45,47,49-50H2,1-2H3,(H,55,59)/b48-46+. The molecule has 0 radical (unpaired) electrons. The zero-order chi connectivity index (χ0) is 43.0. The molecule has 0 bridgehead atoms. The lowest BCUT2D eigenvalue weighted by Gasteiger charge is -2.21. The van der Waals surface area contributed by atoms with E-state index in [1.807, 2.05) is 6.08 Å². The fraction of sp³-hybridized carbons (Fsp3) is 0.944. The van der Waals surface area contributed by atoms with Crippen molar-refractivity contribution in [3.8, 4) is 0 Å². The van der Waals surface area contributed by atoms with Gasteiger partial charge >= 0.3 is 0 Å². The van der Waals surface area contributed by atoms with E-state index in [0.29, 0.717) is 6.42 Å². The normalized spacial score (nSPS) is 13.4. The number of rotatable bonds is 50. The highest BCUT2D eigenvalue weighted by molar-refractivity contribution is 5.76. The second kappa shape index (κ2) is 49.7. The third-order valence-electron chi connectivity index (χ3n) is 12.8. The maximum Gasteiger partial charge on any atom is 0.222 e. The topological polar surface area (TPSA) is 89.8 Å². The van der Waals surface area contributed by atoms with Crippen LogP contribution < -0.4 is 5.32 Å². The molecule has 0 heterocycles. The predicted molar refractivity (Wildman–Crippen MR) is 259 cm³/mol. The van der Waals surface area contributed by atoms with E-state index < -0.39 is 18.2 Å². The summed E-state index contributed by atoms with van der Waals surface area (Å²) in [7, 11) is 0. The summed E-state index contributed by atoms with van der Waals surface area (Å²) in [5, 5.41) is 33.3. The monoisotopic (exact) mass is 834 g/mol. The van der Waals surface area contributed by atoms with Crippen molar-refractivity contribution < 1.29 is 20.1 Å². The number of hydrogen-bond donors (Lipinski definition) is 4. The average molecular weight is 834 g/mol. The smallest absolute Gasteiger partial charge is 0.222 e. The highest BCUT2D eigenvalue weighted by atomic mass is 16.3. The van der Waals surface area contributed by atoms with Gasteiger partial charge in [0.15, 0.2) is 0 Å². The van der Waals surface area contributed by atoms with Crippen molar-refractivity contribution in [2.24, 2.45) is 0 Å². The third-order valence-corrected chi connectivity index (χ3v) is 12.8. The number of unbranched alkanes of at least 4 members (excludes halogenated alkanes) is 41. The van der Waals surface area contributed by atoms with Crippen molar-refractivity contribution in [2.45, 2.75) is 321 Å². The maximum atomic E-state index is 12.5. The van der Waals surface area contributed by atoms with Crippen LogP contribution in [0.1, 0.15) is 303 Å². The zero-order valence-corrected chi connectivity index (χ0v) is 40.2. The van der Waals surface area contributed by atoms with Crippen LogP contribution in [0.2, 0.25) is 0 Å². The Morgan fingerprint density at radius 2 is 0.695 bits per heavy atom. The molecule has 59 heavy (non-hydrogen) atoms. The zero-order valence-electron chi connectivity index (χ0n) is 40.2. The Labute approximate surface area is 369 Å². The number of aliphatic hydroxyl groups is 3. The quantitative estimate of drug-likeness (QED) is 0.0363. The van der Waals surface area contributed by atoms with E-state index in [1.165, 1.54) is 250 Å². The van der Waals surface area contributed by atoms with Crippen LogP contribution in [0.15, 0.2) is 12.2 Å². The molecule has 0 aliphatic carbocycles. The van der Waals surface area contributed by atoms with Crippen molar-refractivity contribution >= 4 is 5.91 Å². The first-order valence-electron chi connectivity index (χ1n) is 27.0. The Morgan fingerprint density at radius 3 is 0.983 bits per heavy atom. The predicted octanol–water partition coefficient (Wildman–Crippen LogP) is 16.3. The third kappa shape index (κ3) is 46.4. The van der Waals surface area contributed by atoms with Gasteiger partial charge < -0.3 is 20.6 Å². The summed E-state index contributed by atoms with van der Waals surface area (Å²) in [6.07, 6.45) is 61.2. The lowest BCUT2D eigenvalue weighted by Crippen LogP contribution is -2.45. The summed E-state index contributed by atoms with van der Waals surface area (Å²) in [5.74, 6) is -0.310. The van der Waals surface area contributed by atoms with E-state index in [2.05, 4.69) is 19.2 Å². The second-order valence-corrected chi connectivity index (χ2v) is 18.9. The number of allylic oxidation sites excluding steroid dienone is 1. The van der Waals surface area contributed by atoms with Crippen LogP contribution in [0.4, 0.5) is 0 Å². The van der Waals surface area contributed by atoms with Gasteiger partial charge in [0, 0.05) is 0 Å². The summed E-state index contributed by atoms with van der Waals surface area (Å²) < 4.78 is 0. The molecular formula is C54H107NO4. The van der Waals surface area contributed by atoms with Crippen LogP contribution >= 0.6 is 0 Å². The highest BCUT2D eigenvalue weighted by Gasteiger charge is 2.20. The molecule has 0 saturated carbocycles. The van der Waals surface area contributed by atoms with Crippen molar-refractivity contribution in [3.63, 3.8) is 0 Å². The van der Waals surface area contributed by atoms with Gasteiger partial charge in [-0.05, 0) is 19.3 Å². The van der Waals surface area contributed by atoms with Gasteiger partial charge in [0.2, 0.25) is 5.91 Å². The summed E-state index contributed by atoms with van der Waals surface area (Å²) >= 11 is 0. The summed E-state index contributed by atoms with van der Waals surface area (Å²) in [4.78, 5) is 12.5. The first-order valence-corrected chi connectivity index (χ1v) is 27.0. The molecule has 0 aliphatic heterocycles. The summed E-state index contributed by atoms with van der Waals surface area (Å²) in [5.41, 5.74) is 0. The fourth-order valence-corrected chi connectivity index (χ4v) is 8.70. The fourth-order valence-electron chi connectivity index (χ4n) is 8.70.